The van der Waals surface area contributed by atoms with Crippen molar-refractivity contribution >= 4 is 11.6 Å². The molecule has 26 heavy (non-hydrogen) atoms. The number of amides is 1. The van der Waals surface area contributed by atoms with Crippen LogP contribution in [0.2, 0.25) is 0 Å². The molecular weight excluding hydrogens is 322 g/mol. The van der Waals surface area contributed by atoms with Gasteiger partial charge in [-0.15, -0.1) is 0 Å². The normalized spacial score (nSPS) is 16.0. The number of aryl methyl sites for hydroxylation is 1. The standard InChI is InChI=1S/C22H25N3O/c1-16-8-7-13-20-24-19(15-25(16)20)14-23-22(26)21(18-11-5-6-12-18)17-9-3-2-4-10-17/h2-4,7-10,13,15,18,21H,5-6,11-12,14H2,1H3,(H,23,26)/t21-/m0/s1. The van der Waals surface area contributed by atoms with E-state index in [-0.39, 0.29) is 11.8 Å². The van der Waals surface area contributed by atoms with Crippen molar-refractivity contribution in [1.82, 2.24) is 14.7 Å². The van der Waals surface area contributed by atoms with E-state index in [1.165, 1.54) is 12.8 Å². The highest BCUT2D eigenvalue weighted by Gasteiger charge is 2.31. The van der Waals surface area contributed by atoms with Gasteiger partial charge in [-0.2, -0.15) is 0 Å². The summed E-state index contributed by atoms with van der Waals surface area (Å²) in [5.41, 5.74) is 4.08. The van der Waals surface area contributed by atoms with Gasteiger partial charge in [-0.1, -0.05) is 49.2 Å². The van der Waals surface area contributed by atoms with E-state index in [1.807, 2.05) is 36.5 Å². The van der Waals surface area contributed by atoms with Crippen molar-refractivity contribution in [2.24, 2.45) is 5.92 Å². The molecule has 4 heteroatoms. The lowest BCUT2D eigenvalue weighted by Gasteiger charge is -2.23. The zero-order valence-corrected chi connectivity index (χ0v) is 15.2. The van der Waals surface area contributed by atoms with Gasteiger partial charge >= 0.3 is 0 Å². The van der Waals surface area contributed by atoms with E-state index in [9.17, 15) is 4.79 Å². The number of hydrogen-bond donors (Lipinski definition) is 1. The van der Waals surface area contributed by atoms with Gasteiger partial charge in [0.15, 0.2) is 0 Å². The van der Waals surface area contributed by atoms with Crippen LogP contribution in [0.5, 0.6) is 0 Å². The van der Waals surface area contributed by atoms with Crippen LogP contribution in [-0.2, 0) is 11.3 Å². The summed E-state index contributed by atoms with van der Waals surface area (Å²) in [6, 6.07) is 16.3. The lowest BCUT2D eigenvalue weighted by Crippen LogP contribution is -2.32. The van der Waals surface area contributed by atoms with E-state index in [0.29, 0.717) is 12.5 Å². The van der Waals surface area contributed by atoms with Crippen LogP contribution < -0.4 is 5.32 Å². The number of fused-ring (bicyclic) bond motifs is 1. The number of pyridine rings is 1. The zero-order chi connectivity index (χ0) is 17.9. The Hall–Kier alpha value is -2.62. The second-order valence-corrected chi connectivity index (χ2v) is 7.28. The van der Waals surface area contributed by atoms with Gasteiger partial charge < -0.3 is 9.72 Å². The van der Waals surface area contributed by atoms with Crippen LogP contribution in [0.15, 0.2) is 54.7 Å². The van der Waals surface area contributed by atoms with Crippen LogP contribution >= 0.6 is 0 Å². The molecule has 0 spiro atoms. The second-order valence-electron chi connectivity index (χ2n) is 7.28. The summed E-state index contributed by atoms with van der Waals surface area (Å²) in [4.78, 5) is 17.7. The molecule has 0 radical (unpaired) electrons. The number of imidazole rings is 1. The Bertz CT molecular complexity index is 894. The van der Waals surface area contributed by atoms with Gasteiger partial charge in [0.1, 0.15) is 5.65 Å². The first-order valence-corrected chi connectivity index (χ1v) is 9.48. The predicted molar refractivity (Wildman–Crippen MR) is 103 cm³/mol. The third-order valence-corrected chi connectivity index (χ3v) is 5.50. The van der Waals surface area contributed by atoms with E-state index < -0.39 is 0 Å². The predicted octanol–water partition coefficient (Wildman–Crippen LogP) is 4.23. The minimum atomic E-state index is -0.0579. The van der Waals surface area contributed by atoms with Crippen molar-refractivity contribution in [3.8, 4) is 0 Å². The summed E-state index contributed by atoms with van der Waals surface area (Å²) in [7, 11) is 0. The van der Waals surface area contributed by atoms with Crippen LogP contribution in [0, 0.1) is 12.8 Å². The SMILES string of the molecule is Cc1cccc2nc(CNC(=O)[C@@H](c3ccccc3)C3CCCC3)cn12. The average Bonchev–Trinajstić information content (AvgIpc) is 3.31. The fourth-order valence-electron chi connectivity index (χ4n) is 4.16. The van der Waals surface area contributed by atoms with Crippen molar-refractivity contribution in [2.75, 3.05) is 0 Å². The van der Waals surface area contributed by atoms with Crippen molar-refractivity contribution in [2.45, 2.75) is 45.1 Å². The van der Waals surface area contributed by atoms with Gasteiger partial charge in [0, 0.05) is 11.9 Å². The quantitative estimate of drug-likeness (QED) is 0.751. The van der Waals surface area contributed by atoms with Crippen molar-refractivity contribution in [3.63, 3.8) is 0 Å². The molecule has 0 aliphatic heterocycles. The van der Waals surface area contributed by atoms with Crippen LogP contribution in [0.1, 0.15) is 48.6 Å². The Balaban J connectivity index is 1.51. The van der Waals surface area contributed by atoms with Crippen LogP contribution in [0.4, 0.5) is 0 Å². The molecule has 1 atom stereocenters. The molecule has 0 saturated heterocycles. The molecule has 0 bridgehead atoms. The number of nitrogens with one attached hydrogen (secondary N) is 1. The van der Waals surface area contributed by atoms with Crippen LogP contribution in [0.25, 0.3) is 5.65 Å². The number of hydrogen-bond acceptors (Lipinski definition) is 2. The molecule has 0 unspecified atom stereocenters. The largest absolute Gasteiger partial charge is 0.350 e. The monoisotopic (exact) mass is 347 g/mol. The van der Waals surface area contributed by atoms with E-state index >= 15 is 0 Å². The molecule has 3 aromatic rings. The molecule has 1 fully saturated rings. The highest BCUT2D eigenvalue weighted by molar-refractivity contribution is 5.84. The molecule has 1 amide bonds. The van der Waals surface area contributed by atoms with Gasteiger partial charge in [0.2, 0.25) is 5.91 Å². The maximum atomic E-state index is 13.0. The number of carbonyl (C=O) groups excluding carboxylic acids is 1. The smallest absolute Gasteiger partial charge is 0.228 e. The number of nitrogens with zero attached hydrogens (tertiary/aromatic N) is 2. The summed E-state index contributed by atoms with van der Waals surface area (Å²) in [6.45, 7) is 2.53. The molecule has 1 aliphatic rings. The molecule has 4 nitrogen and oxygen atoms in total. The first-order chi connectivity index (χ1) is 12.7. The van der Waals surface area contributed by atoms with Crippen LogP contribution in [0.3, 0.4) is 0 Å². The summed E-state index contributed by atoms with van der Waals surface area (Å²) < 4.78 is 2.06. The lowest BCUT2D eigenvalue weighted by atomic mass is 9.84. The minimum absolute atomic E-state index is 0.0579. The molecule has 2 heterocycles. The fourth-order valence-corrected chi connectivity index (χ4v) is 4.16. The van der Waals surface area contributed by atoms with Crippen molar-refractivity contribution < 1.29 is 4.79 Å². The Morgan fingerprint density at radius 3 is 2.65 bits per heavy atom. The van der Waals surface area contributed by atoms with E-state index in [1.54, 1.807) is 0 Å². The van der Waals surface area contributed by atoms with E-state index in [2.05, 4.69) is 39.8 Å². The highest BCUT2D eigenvalue weighted by atomic mass is 16.1. The molecule has 1 N–H and O–H groups in total. The van der Waals surface area contributed by atoms with Crippen molar-refractivity contribution in [1.29, 1.82) is 0 Å². The number of carbonyl (C=O) groups is 1. The third-order valence-electron chi connectivity index (χ3n) is 5.50. The van der Waals surface area contributed by atoms with E-state index in [4.69, 9.17) is 0 Å². The van der Waals surface area contributed by atoms with Crippen molar-refractivity contribution in [3.05, 3.63) is 71.7 Å². The van der Waals surface area contributed by atoms with E-state index in [0.717, 1.165) is 35.4 Å². The average molecular weight is 347 g/mol. The van der Waals surface area contributed by atoms with Gasteiger partial charge in [-0.25, -0.2) is 4.98 Å². The highest BCUT2D eigenvalue weighted by Crippen LogP contribution is 2.37. The summed E-state index contributed by atoms with van der Waals surface area (Å²) in [6.07, 6.45) is 6.75. The molecule has 4 rings (SSSR count). The van der Waals surface area contributed by atoms with Gasteiger partial charge in [-0.3, -0.25) is 4.79 Å². The molecule has 1 aromatic carbocycles. The Labute approximate surface area is 154 Å². The summed E-state index contributed by atoms with van der Waals surface area (Å²) in [5, 5.41) is 3.14. The topological polar surface area (TPSA) is 46.4 Å². The Morgan fingerprint density at radius 1 is 1.15 bits per heavy atom. The molecule has 2 aromatic heterocycles. The molecule has 134 valence electrons. The Kier molecular flexibility index (Phi) is 4.74. The maximum Gasteiger partial charge on any atom is 0.228 e. The first-order valence-electron chi connectivity index (χ1n) is 9.48. The minimum Gasteiger partial charge on any atom is -0.350 e. The Morgan fingerprint density at radius 2 is 1.92 bits per heavy atom. The lowest BCUT2D eigenvalue weighted by molar-refractivity contribution is -0.123. The number of benzene rings is 1. The van der Waals surface area contributed by atoms with Crippen LogP contribution in [-0.4, -0.2) is 15.3 Å². The fraction of sp³-hybridized carbons (Fsp3) is 0.364. The molecule has 1 aliphatic carbocycles. The molecule has 1 saturated carbocycles. The maximum absolute atomic E-state index is 13.0. The van der Waals surface area contributed by atoms with Gasteiger partial charge in [-0.05, 0) is 43.4 Å². The zero-order valence-electron chi connectivity index (χ0n) is 15.2. The third kappa shape index (κ3) is 3.36. The number of rotatable bonds is 5. The van der Waals surface area contributed by atoms with Gasteiger partial charge in [0.05, 0.1) is 18.2 Å². The van der Waals surface area contributed by atoms with Gasteiger partial charge in [0.25, 0.3) is 0 Å². The molecular formula is C22H25N3O. The second kappa shape index (κ2) is 7.32. The number of aromatic nitrogens is 2. The first kappa shape index (κ1) is 16.8. The summed E-state index contributed by atoms with van der Waals surface area (Å²) in [5.74, 6) is 0.509. The summed E-state index contributed by atoms with van der Waals surface area (Å²) >= 11 is 0.